The minimum atomic E-state index is -1.75. The zero-order valence-electron chi connectivity index (χ0n) is 8.55. The number of hydrogen-bond donors (Lipinski definition) is 4. The summed E-state index contributed by atoms with van der Waals surface area (Å²) in [6, 6.07) is -1.60. The van der Waals surface area contributed by atoms with Gasteiger partial charge in [0, 0.05) is 6.92 Å². The first-order chi connectivity index (χ1) is 7.40. The molecule has 16 heavy (non-hydrogen) atoms. The number of rotatable bonds is 2. The van der Waals surface area contributed by atoms with Crippen LogP contribution in [0.25, 0.3) is 0 Å². The van der Waals surface area contributed by atoms with Crippen LogP contribution in [0, 0.1) is 5.21 Å². The third kappa shape index (κ3) is 2.32. The van der Waals surface area contributed by atoms with E-state index >= 15 is 0 Å². The first-order valence-electron chi connectivity index (χ1n) is 4.67. The molecule has 1 saturated heterocycles. The quantitative estimate of drug-likeness (QED) is 0.379. The molecule has 8 nitrogen and oxygen atoms in total. The fraction of sp³-hybridized carbons (Fsp3) is 0.875. The van der Waals surface area contributed by atoms with Crippen molar-refractivity contribution >= 4 is 5.91 Å². The van der Waals surface area contributed by atoms with Crippen molar-refractivity contribution in [3.05, 3.63) is 5.21 Å². The summed E-state index contributed by atoms with van der Waals surface area (Å²) in [6.45, 7) is 0.331. The molecule has 0 aromatic rings. The van der Waals surface area contributed by atoms with Gasteiger partial charge in [-0.2, -0.15) is 0 Å². The van der Waals surface area contributed by atoms with Crippen molar-refractivity contribution in [2.24, 2.45) is 0 Å². The molecule has 0 aromatic heterocycles. The van der Waals surface area contributed by atoms with Gasteiger partial charge < -0.3 is 35.4 Å². The zero-order valence-corrected chi connectivity index (χ0v) is 8.55. The van der Waals surface area contributed by atoms with Gasteiger partial charge in [0.1, 0.15) is 24.4 Å². The number of carbonyl (C=O) groups is 1. The molecule has 1 heterocycles. The van der Waals surface area contributed by atoms with E-state index in [1.54, 1.807) is 0 Å². The highest BCUT2D eigenvalue weighted by Gasteiger charge is 2.44. The fourth-order valence-corrected chi connectivity index (χ4v) is 1.55. The first kappa shape index (κ1) is 13.3. The molecule has 94 valence electrons. The van der Waals surface area contributed by atoms with Gasteiger partial charge in [-0.05, 0) is 0 Å². The van der Waals surface area contributed by atoms with Crippen molar-refractivity contribution in [2.75, 3.05) is 6.61 Å². The van der Waals surface area contributed by atoms with Crippen molar-refractivity contribution < 1.29 is 30.0 Å². The fourth-order valence-electron chi connectivity index (χ4n) is 1.55. The molecule has 0 saturated carbocycles. The number of aliphatic hydroxyl groups excluding tert-OH is 4. The van der Waals surface area contributed by atoms with E-state index < -0.39 is 43.2 Å². The van der Waals surface area contributed by atoms with Crippen LogP contribution < -0.4 is 0 Å². The smallest absolute Gasteiger partial charge is 0.209 e. The SMILES string of the molecule is CC(=O)N([O-])[C@H]1C(O)O[C@H](CO)[C@@H](O)[C@@H]1O. The molecule has 0 bridgehead atoms. The molecule has 0 aromatic carbocycles. The number of aliphatic hydroxyl groups is 4. The summed E-state index contributed by atoms with van der Waals surface area (Å²) in [5.41, 5.74) is 0. The molecule has 5 atom stereocenters. The third-order valence-corrected chi connectivity index (χ3v) is 2.45. The Labute approximate surface area is 91.2 Å². The lowest BCUT2D eigenvalue weighted by atomic mass is 9.97. The van der Waals surface area contributed by atoms with E-state index in [1.165, 1.54) is 0 Å². The Kier molecular flexibility index (Phi) is 4.19. The molecule has 1 fully saturated rings. The van der Waals surface area contributed by atoms with Gasteiger partial charge in [0.2, 0.25) is 5.91 Å². The lowest BCUT2D eigenvalue weighted by Gasteiger charge is -2.47. The maximum absolute atomic E-state index is 11.3. The van der Waals surface area contributed by atoms with Gasteiger partial charge in [0.25, 0.3) is 0 Å². The molecule has 4 N–H and O–H groups in total. The maximum Gasteiger partial charge on any atom is 0.209 e. The number of amides is 1. The van der Waals surface area contributed by atoms with Gasteiger partial charge in [0.15, 0.2) is 6.29 Å². The molecule has 0 radical (unpaired) electrons. The average Bonchev–Trinajstić information content (AvgIpc) is 2.23. The van der Waals surface area contributed by atoms with Crippen molar-refractivity contribution in [1.29, 1.82) is 0 Å². The Balaban J connectivity index is 2.83. The molecule has 1 rings (SSSR count). The van der Waals surface area contributed by atoms with Crippen molar-refractivity contribution in [3.8, 4) is 0 Å². The van der Waals surface area contributed by atoms with Crippen LogP contribution in [0.5, 0.6) is 0 Å². The molecule has 1 aliphatic heterocycles. The molecular formula is C8H14NO7-. The van der Waals surface area contributed by atoms with Crippen LogP contribution in [0.3, 0.4) is 0 Å². The van der Waals surface area contributed by atoms with Gasteiger partial charge in [-0.15, -0.1) is 0 Å². The van der Waals surface area contributed by atoms with Crippen LogP contribution >= 0.6 is 0 Å². The minimum absolute atomic E-state index is 0.161. The van der Waals surface area contributed by atoms with Gasteiger partial charge >= 0.3 is 0 Å². The highest BCUT2D eigenvalue weighted by Crippen LogP contribution is 2.23. The molecular weight excluding hydrogens is 222 g/mol. The molecule has 1 aliphatic rings. The first-order valence-corrected chi connectivity index (χ1v) is 4.67. The number of hydrogen-bond acceptors (Lipinski definition) is 7. The number of ether oxygens (including phenoxy) is 1. The van der Waals surface area contributed by atoms with Gasteiger partial charge in [-0.3, -0.25) is 4.79 Å². The minimum Gasteiger partial charge on any atom is -0.756 e. The lowest BCUT2D eigenvalue weighted by molar-refractivity contribution is -0.266. The Morgan fingerprint density at radius 1 is 1.38 bits per heavy atom. The van der Waals surface area contributed by atoms with Gasteiger partial charge in [-0.1, -0.05) is 0 Å². The van der Waals surface area contributed by atoms with Crippen LogP contribution in [-0.2, 0) is 9.53 Å². The standard InChI is InChI=1S/C8H14NO7/c1-3(11)9(15)5-7(13)6(12)4(2-10)16-8(5)14/h4-8,10,12-14H,2H2,1H3/q-1/t4-,5-,6-,7-,8?/m1/s1. The van der Waals surface area contributed by atoms with Gasteiger partial charge in [0.05, 0.1) is 6.61 Å². The predicted molar refractivity (Wildman–Crippen MR) is 49.7 cm³/mol. The maximum atomic E-state index is 11.3. The number of hydroxylamine groups is 2. The normalized spacial score (nSPS) is 39.5. The largest absolute Gasteiger partial charge is 0.756 e. The summed E-state index contributed by atoms with van der Waals surface area (Å²) in [5.74, 6) is -0.929. The van der Waals surface area contributed by atoms with Crippen LogP contribution in [0.15, 0.2) is 0 Å². The molecule has 8 heteroatoms. The second kappa shape index (κ2) is 5.04. The summed E-state index contributed by atoms with van der Waals surface area (Å²) in [5, 5.41) is 48.2. The Morgan fingerprint density at radius 2 is 1.94 bits per heavy atom. The Hall–Kier alpha value is -0.770. The summed E-state index contributed by atoms with van der Waals surface area (Å²) in [6.07, 6.45) is -6.17. The van der Waals surface area contributed by atoms with Crippen LogP contribution in [0.1, 0.15) is 6.92 Å². The zero-order chi connectivity index (χ0) is 12.5. The van der Waals surface area contributed by atoms with Crippen molar-refractivity contribution in [3.63, 3.8) is 0 Å². The molecule has 1 amide bonds. The van der Waals surface area contributed by atoms with E-state index in [9.17, 15) is 25.3 Å². The second-order valence-electron chi connectivity index (χ2n) is 3.56. The molecule has 0 aliphatic carbocycles. The monoisotopic (exact) mass is 236 g/mol. The topological polar surface area (TPSA) is 134 Å². The van der Waals surface area contributed by atoms with E-state index in [-0.39, 0.29) is 5.06 Å². The number of carbonyl (C=O) groups excluding carboxylic acids is 1. The molecule has 0 spiro atoms. The predicted octanol–water partition coefficient (Wildman–Crippen LogP) is -2.87. The summed E-state index contributed by atoms with van der Waals surface area (Å²) in [4.78, 5) is 10.8. The van der Waals surface area contributed by atoms with E-state index in [1.807, 2.05) is 0 Å². The summed E-state index contributed by atoms with van der Waals surface area (Å²) < 4.78 is 4.70. The Bertz CT molecular complexity index is 261. The third-order valence-electron chi connectivity index (χ3n) is 2.45. The average molecular weight is 236 g/mol. The highest BCUT2D eigenvalue weighted by atomic mass is 16.6. The van der Waals surface area contributed by atoms with Crippen LogP contribution in [0.2, 0.25) is 0 Å². The van der Waals surface area contributed by atoms with E-state index in [0.29, 0.717) is 0 Å². The van der Waals surface area contributed by atoms with Gasteiger partial charge in [-0.25, -0.2) is 0 Å². The van der Waals surface area contributed by atoms with Crippen molar-refractivity contribution in [2.45, 2.75) is 37.6 Å². The second-order valence-corrected chi connectivity index (χ2v) is 3.56. The van der Waals surface area contributed by atoms with E-state index in [0.717, 1.165) is 6.92 Å². The van der Waals surface area contributed by atoms with E-state index in [2.05, 4.69) is 0 Å². The summed E-state index contributed by atoms with van der Waals surface area (Å²) >= 11 is 0. The highest BCUT2D eigenvalue weighted by molar-refractivity contribution is 5.74. The van der Waals surface area contributed by atoms with Crippen molar-refractivity contribution in [1.82, 2.24) is 5.06 Å². The number of nitrogens with zero attached hydrogens (tertiary/aromatic N) is 1. The van der Waals surface area contributed by atoms with Crippen LogP contribution in [0.4, 0.5) is 0 Å². The summed E-state index contributed by atoms with van der Waals surface area (Å²) in [7, 11) is 0. The molecule has 1 unspecified atom stereocenters. The van der Waals surface area contributed by atoms with Crippen LogP contribution in [-0.4, -0.2) is 68.6 Å². The van der Waals surface area contributed by atoms with E-state index in [4.69, 9.17) is 9.84 Å². The Morgan fingerprint density at radius 3 is 2.38 bits per heavy atom. The lowest BCUT2D eigenvalue weighted by Crippen LogP contribution is -2.63.